The average Bonchev–Trinajstić information content (AvgIpc) is 2.45. The van der Waals surface area contributed by atoms with Crippen molar-refractivity contribution in [3.05, 3.63) is 65.2 Å². The minimum Gasteiger partial charge on any atom is -0.489 e. The Balaban J connectivity index is 0.00000242. The van der Waals surface area contributed by atoms with Crippen LogP contribution in [0.2, 0.25) is 0 Å². The number of nitrogen functional groups attached to an aromatic ring is 1. The molecule has 0 saturated carbocycles. The van der Waals surface area contributed by atoms with Crippen molar-refractivity contribution < 1.29 is 4.74 Å². The second kappa shape index (κ2) is 7.32. The largest absolute Gasteiger partial charge is 0.489 e. The normalized spacial score (nSPS) is 10.7. The van der Waals surface area contributed by atoms with Gasteiger partial charge in [0.15, 0.2) is 0 Å². The smallest absolute Gasteiger partial charge is 0.123 e. The van der Waals surface area contributed by atoms with Gasteiger partial charge in [0.2, 0.25) is 0 Å². The van der Waals surface area contributed by atoms with E-state index in [1.54, 1.807) is 0 Å². The van der Waals surface area contributed by atoms with Crippen molar-refractivity contribution in [1.82, 2.24) is 0 Å². The maximum absolute atomic E-state index is 7.58. The quantitative estimate of drug-likeness (QED) is 0.653. The van der Waals surface area contributed by atoms with E-state index in [4.69, 9.17) is 15.9 Å². The molecule has 2 rings (SSSR count). The van der Waals surface area contributed by atoms with Crippen molar-refractivity contribution in [2.45, 2.75) is 32.8 Å². The number of amidine groups is 1. The van der Waals surface area contributed by atoms with Crippen LogP contribution in [-0.4, -0.2) is 5.84 Å². The zero-order valence-electron chi connectivity index (χ0n) is 13.2. The summed E-state index contributed by atoms with van der Waals surface area (Å²) in [5.74, 6) is 0.888. The molecular formula is C18H23ClN2O. The highest BCUT2D eigenvalue weighted by Crippen LogP contribution is 2.24. The Bertz CT molecular complexity index is 630. The highest BCUT2D eigenvalue weighted by atomic mass is 35.5. The van der Waals surface area contributed by atoms with E-state index in [2.05, 4.69) is 32.9 Å². The van der Waals surface area contributed by atoms with Gasteiger partial charge in [-0.25, -0.2) is 0 Å². The molecule has 22 heavy (non-hydrogen) atoms. The number of benzene rings is 2. The Morgan fingerprint density at radius 1 is 1.05 bits per heavy atom. The van der Waals surface area contributed by atoms with Gasteiger partial charge in [0.1, 0.15) is 18.2 Å². The number of rotatable bonds is 4. The lowest BCUT2D eigenvalue weighted by Crippen LogP contribution is -2.14. The summed E-state index contributed by atoms with van der Waals surface area (Å²) in [7, 11) is 0. The van der Waals surface area contributed by atoms with Crippen molar-refractivity contribution in [2.75, 3.05) is 0 Å². The van der Waals surface area contributed by atoms with Gasteiger partial charge >= 0.3 is 0 Å². The highest BCUT2D eigenvalue weighted by molar-refractivity contribution is 5.96. The van der Waals surface area contributed by atoms with Gasteiger partial charge in [-0.1, -0.05) is 57.2 Å². The van der Waals surface area contributed by atoms with Crippen LogP contribution in [0.1, 0.15) is 37.5 Å². The van der Waals surface area contributed by atoms with Crippen LogP contribution in [0.15, 0.2) is 48.5 Å². The fourth-order valence-corrected chi connectivity index (χ4v) is 2.12. The van der Waals surface area contributed by atoms with Gasteiger partial charge in [-0.3, -0.25) is 5.41 Å². The Morgan fingerprint density at radius 2 is 1.64 bits per heavy atom. The molecule has 0 heterocycles. The van der Waals surface area contributed by atoms with Crippen LogP contribution in [0.5, 0.6) is 5.75 Å². The van der Waals surface area contributed by atoms with Crippen molar-refractivity contribution in [1.29, 1.82) is 5.41 Å². The topological polar surface area (TPSA) is 59.1 Å². The van der Waals surface area contributed by atoms with Gasteiger partial charge in [0.05, 0.1) is 0 Å². The summed E-state index contributed by atoms with van der Waals surface area (Å²) in [5.41, 5.74) is 8.64. The van der Waals surface area contributed by atoms with Crippen molar-refractivity contribution in [2.24, 2.45) is 5.73 Å². The SMILES string of the molecule is CC(C)(C)c1ccc(OCc2ccccc2C(=N)N)cc1.Cl. The van der Waals surface area contributed by atoms with Crippen LogP contribution in [0.3, 0.4) is 0 Å². The zero-order chi connectivity index (χ0) is 15.5. The third-order valence-corrected chi connectivity index (χ3v) is 3.42. The Kier molecular flexibility index (Phi) is 6.01. The molecule has 0 atom stereocenters. The van der Waals surface area contributed by atoms with Gasteiger partial charge in [-0.05, 0) is 23.1 Å². The first-order valence-electron chi connectivity index (χ1n) is 7.03. The molecule has 0 aliphatic carbocycles. The summed E-state index contributed by atoms with van der Waals surface area (Å²) in [6.07, 6.45) is 0. The fraction of sp³-hybridized carbons (Fsp3) is 0.278. The first kappa shape index (κ1) is 18.1. The van der Waals surface area contributed by atoms with Gasteiger partial charge in [-0.15, -0.1) is 12.4 Å². The molecule has 2 aromatic rings. The summed E-state index contributed by atoms with van der Waals surface area (Å²) in [6.45, 7) is 6.97. The van der Waals surface area contributed by atoms with E-state index >= 15 is 0 Å². The van der Waals surface area contributed by atoms with Crippen molar-refractivity contribution in [3.63, 3.8) is 0 Å². The lowest BCUT2D eigenvalue weighted by atomic mass is 9.87. The van der Waals surface area contributed by atoms with Gasteiger partial charge in [0, 0.05) is 11.1 Å². The summed E-state index contributed by atoms with van der Waals surface area (Å²) in [4.78, 5) is 0. The molecule has 0 saturated heterocycles. The minimum absolute atomic E-state index is 0. The summed E-state index contributed by atoms with van der Waals surface area (Å²) in [5, 5.41) is 7.58. The molecule has 0 spiro atoms. The van der Waals surface area contributed by atoms with Gasteiger partial charge < -0.3 is 10.5 Å². The molecule has 0 radical (unpaired) electrons. The van der Waals surface area contributed by atoms with E-state index < -0.39 is 0 Å². The van der Waals surface area contributed by atoms with Crippen molar-refractivity contribution >= 4 is 18.2 Å². The molecule has 0 unspecified atom stereocenters. The third-order valence-electron chi connectivity index (χ3n) is 3.42. The minimum atomic E-state index is 0. The van der Waals surface area contributed by atoms with E-state index in [1.165, 1.54) is 5.56 Å². The Hall–Kier alpha value is -2.00. The second-order valence-corrected chi connectivity index (χ2v) is 6.13. The summed E-state index contributed by atoms with van der Waals surface area (Å²) >= 11 is 0. The maximum Gasteiger partial charge on any atom is 0.123 e. The third kappa shape index (κ3) is 4.50. The van der Waals surface area contributed by atoms with E-state index in [9.17, 15) is 0 Å². The predicted octanol–water partition coefficient (Wildman–Crippen LogP) is 4.27. The first-order valence-corrected chi connectivity index (χ1v) is 7.03. The lowest BCUT2D eigenvalue weighted by Gasteiger charge is -2.19. The van der Waals surface area contributed by atoms with E-state index in [1.807, 2.05) is 36.4 Å². The Morgan fingerprint density at radius 3 is 2.18 bits per heavy atom. The monoisotopic (exact) mass is 318 g/mol. The maximum atomic E-state index is 7.58. The van der Waals surface area contributed by atoms with Gasteiger partial charge in [0.25, 0.3) is 0 Å². The molecular weight excluding hydrogens is 296 g/mol. The van der Waals surface area contributed by atoms with E-state index in [-0.39, 0.29) is 23.7 Å². The summed E-state index contributed by atoms with van der Waals surface area (Å²) in [6, 6.07) is 15.7. The van der Waals surface area contributed by atoms with Crippen LogP contribution in [0, 0.1) is 5.41 Å². The molecule has 0 aliphatic heterocycles. The van der Waals surface area contributed by atoms with Crippen LogP contribution in [0.25, 0.3) is 0 Å². The van der Waals surface area contributed by atoms with E-state index in [0.29, 0.717) is 6.61 Å². The number of nitrogens with two attached hydrogens (primary N) is 1. The number of hydrogen-bond acceptors (Lipinski definition) is 2. The zero-order valence-corrected chi connectivity index (χ0v) is 14.0. The van der Waals surface area contributed by atoms with Crippen LogP contribution in [0.4, 0.5) is 0 Å². The second-order valence-electron chi connectivity index (χ2n) is 6.13. The number of halogens is 1. The van der Waals surface area contributed by atoms with E-state index in [0.717, 1.165) is 16.9 Å². The molecule has 3 N–H and O–H groups in total. The fourth-order valence-electron chi connectivity index (χ4n) is 2.12. The molecule has 0 aliphatic rings. The highest BCUT2D eigenvalue weighted by Gasteiger charge is 2.13. The molecule has 118 valence electrons. The summed E-state index contributed by atoms with van der Waals surface area (Å²) < 4.78 is 5.80. The van der Waals surface area contributed by atoms with Crippen LogP contribution in [-0.2, 0) is 12.0 Å². The molecule has 0 amide bonds. The number of nitrogens with one attached hydrogen (secondary N) is 1. The molecule has 0 aromatic heterocycles. The predicted molar refractivity (Wildman–Crippen MR) is 94.2 cm³/mol. The molecule has 0 fully saturated rings. The van der Waals surface area contributed by atoms with Crippen LogP contribution >= 0.6 is 12.4 Å². The lowest BCUT2D eigenvalue weighted by molar-refractivity contribution is 0.306. The molecule has 2 aromatic carbocycles. The average molecular weight is 319 g/mol. The number of ether oxygens (including phenoxy) is 1. The molecule has 0 bridgehead atoms. The molecule has 3 nitrogen and oxygen atoms in total. The Labute approximate surface area is 138 Å². The first-order chi connectivity index (χ1) is 9.88. The standard InChI is InChI=1S/C18H22N2O.ClH/c1-18(2,3)14-8-10-15(11-9-14)21-12-13-6-4-5-7-16(13)17(19)20;/h4-11H,12H2,1-3H3,(H3,19,20);1H. The van der Waals surface area contributed by atoms with Crippen LogP contribution < -0.4 is 10.5 Å². The van der Waals surface area contributed by atoms with Crippen molar-refractivity contribution in [3.8, 4) is 5.75 Å². The number of hydrogen-bond donors (Lipinski definition) is 2. The molecule has 4 heteroatoms. The van der Waals surface area contributed by atoms with Gasteiger partial charge in [-0.2, -0.15) is 0 Å².